The van der Waals surface area contributed by atoms with Gasteiger partial charge in [-0.3, -0.25) is 9.10 Å². The molecule has 0 unspecified atom stereocenters. The number of carbonyl (C=O) groups is 1. The first-order valence-electron chi connectivity index (χ1n) is 12.4. The molecule has 0 spiro atoms. The molecule has 3 aromatic carbocycles. The number of benzene rings is 3. The highest BCUT2D eigenvalue weighted by Crippen LogP contribution is 2.27. The van der Waals surface area contributed by atoms with Crippen LogP contribution < -0.4 is 9.04 Å². The highest BCUT2D eigenvalue weighted by atomic mass is 35.5. The van der Waals surface area contributed by atoms with Gasteiger partial charge in [0.25, 0.3) is 10.0 Å². The van der Waals surface area contributed by atoms with Gasteiger partial charge in [0, 0.05) is 31.2 Å². The minimum absolute atomic E-state index is 0.0115. The number of anilines is 1. The summed E-state index contributed by atoms with van der Waals surface area (Å²) in [6, 6.07) is 18.8. The van der Waals surface area contributed by atoms with E-state index in [0.29, 0.717) is 23.1 Å². The number of sulfonamides is 2. The minimum atomic E-state index is -4.12. The number of hydrogen-bond donors (Lipinski definition) is 0. The van der Waals surface area contributed by atoms with Crippen molar-refractivity contribution in [2.75, 3.05) is 43.6 Å². The molecule has 208 valence electrons. The second kappa shape index (κ2) is 12.0. The van der Waals surface area contributed by atoms with Crippen molar-refractivity contribution in [2.45, 2.75) is 23.6 Å². The van der Waals surface area contributed by atoms with Crippen molar-refractivity contribution in [3.8, 4) is 5.75 Å². The van der Waals surface area contributed by atoms with Crippen LogP contribution in [0, 0.1) is 6.92 Å². The summed E-state index contributed by atoms with van der Waals surface area (Å²) in [4.78, 5) is 15.0. The number of piperazine rings is 1. The molecular formula is C27H30ClN3O6S2. The minimum Gasteiger partial charge on any atom is -0.494 e. The molecule has 1 fully saturated rings. The number of halogens is 1. The van der Waals surface area contributed by atoms with E-state index in [4.69, 9.17) is 16.3 Å². The van der Waals surface area contributed by atoms with Crippen molar-refractivity contribution in [1.82, 2.24) is 9.21 Å². The maximum absolute atomic E-state index is 13.6. The molecule has 0 atom stereocenters. The first-order valence-corrected chi connectivity index (χ1v) is 15.6. The Labute approximate surface area is 234 Å². The molecule has 1 heterocycles. The standard InChI is InChI=1S/C27H30ClN3O6S2/c1-3-37-24-10-8-23(9-11-24)31(39(35,36)26-14-6-22(28)7-15-26)20-27(32)29-16-18-30(19-17-29)38(33,34)25-12-4-21(2)5-13-25/h4-15H,3,16-20H2,1-2H3. The highest BCUT2D eigenvalue weighted by Gasteiger charge is 2.33. The molecular weight excluding hydrogens is 562 g/mol. The normalized spacial score (nSPS) is 14.7. The molecule has 0 radical (unpaired) electrons. The molecule has 3 aromatic rings. The van der Waals surface area contributed by atoms with E-state index in [1.54, 1.807) is 48.5 Å². The molecule has 39 heavy (non-hydrogen) atoms. The lowest BCUT2D eigenvalue weighted by atomic mass is 10.2. The lowest BCUT2D eigenvalue weighted by Gasteiger charge is -2.35. The smallest absolute Gasteiger partial charge is 0.264 e. The van der Waals surface area contributed by atoms with Gasteiger partial charge < -0.3 is 9.64 Å². The molecule has 0 aliphatic carbocycles. The third kappa shape index (κ3) is 6.55. The fourth-order valence-corrected chi connectivity index (χ4v) is 7.15. The van der Waals surface area contributed by atoms with Crippen LogP contribution >= 0.6 is 11.6 Å². The first-order chi connectivity index (χ1) is 18.5. The molecule has 12 heteroatoms. The van der Waals surface area contributed by atoms with Crippen LogP contribution in [0.4, 0.5) is 5.69 Å². The summed E-state index contributed by atoms with van der Waals surface area (Å²) < 4.78 is 61.2. The molecule has 1 amide bonds. The lowest BCUT2D eigenvalue weighted by molar-refractivity contribution is -0.130. The van der Waals surface area contributed by atoms with E-state index in [0.717, 1.165) is 9.87 Å². The van der Waals surface area contributed by atoms with Crippen LogP contribution in [0.3, 0.4) is 0 Å². The van der Waals surface area contributed by atoms with Gasteiger partial charge in [0.1, 0.15) is 12.3 Å². The molecule has 1 aliphatic rings. The summed E-state index contributed by atoms with van der Waals surface area (Å²) in [6.45, 7) is 4.22. The number of hydrogen-bond acceptors (Lipinski definition) is 6. The van der Waals surface area contributed by atoms with E-state index in [1.165, 1.54) is 33.5 Å². The SMILES string of the molecule is CCOc1ccc(N(CC(=O)N2CCN(S(=O)(=O)c3ccc(C)cc3)CC2)S(=O)(=O)c2ccc(Cl)cc2)cc1. The Balaban J connectivity index is 1.53. The van der Waals surface area contributed by atoms with E-state index in [9.17, 15) is 21.6 Å². The average Bonchev–Trinajstić information content (AvgIpc) is 2.93. The average molecular weight is 592 g/mol. The Morgan fingerprint density at radius 2 is 1.41 bits per heavy atom. The number of ether oxygens (including phenoxy) is 1. The number of amides is 1. The Morgan fingerprint density at radius 3 is 1.97 bits per heavy atom. The Hall–Kier alpha value is -3.12. The summed E-state index contributed by atoms with van der Waals surface area (Å²) in [5.74, 6) is 0.135. The predicted octanol–water partition coefficient (Wildman–Crippen LogP) is 3.78. The van der Waals surface area contributed by atoms with Crippen LogP contribution in [0.1, 0.15) is 12.5 Å². The van der Waals surface area contributed by atoms with Crippen molar-refractivity contribution in [1.29, 1.82) is 0 Å². The topological polar surface area (TPSA) is 104 Å². The maximum Gasteiger partial charge on any atom is 0.264 e. The third-order valence-corrected chi connectivity index (χ3v) is 10.3. The van der Waals surface area contributed by atoms with Gasteiger partial charge in [-0.05, 0) is 74.5 Å². The molecule has 4 rings (SSSR count). The van der Waals surface area contributed by atoms with Gasteiger partial charge in [0.05, 0.1) is 22.1 Å². The monoisotopic (exact) mass is 591 g/mol. The van der Waals surface area contributed by atoms with Gasteiger partial charge in [-0.15, -0.1) is 0 Å². The zero-order chi connectivity index (χ0) is 28.2. The Kier molecular flexibility index (Phi) is 8.85. The van der Waals surface area contributed by atoms with E-state index in [2.05, 4.69) is 0 Å². The van der Waals surface area contributed by atoms with Gasteiger partial charge in [-0.2, -0.15) is 4.31 Å². The van der Waals surface area contributed by atoms with Crippen molar-refractivity contribution in [3.05, 3.63) is 83.4 Å². The second-order valence-corrected chi connectivity index (χ2v) is 13.2. The molecule has 0 bridgehead atoms. The fourth-order valence-electron chi connectivity index (χ4n) is 4.18. The van der Waals surface area contributed by atoms with Crippen LogP contribution in [0.5, 0.6) is 5.75 Å². The molecule has 1 aliphatic heterocycles. The van der Waals surface area contributed by atoms with Gasteiger partial charge in [-0.1, -0.05) is 29.3 Å². The van der Waals surface area contributed by atoms with Crippen molar-refractivity contribution >= 4 is 43.2 Å². The summed E-state index contributed by atoms with van der Waals surface area (Å²) in [5, 5.41) is 0.385. The molecule has 0 saturated carbocycles. The number of rotatable bonds is 9. The van der Waals surface area contributed by atoms with Gasteiger partial charge in [-0.25, -0.2) is 16.8 Å². The van der Waals surface area contributed by atoms with Crippen LogP contribution in [0.15, 0.2) is 82.6 Å². The number of carbonyl (C=O) groups excluding carboxylic acids is 1. The van der Waals surface area contributed by atoms with E-state index < -0.39 is 32.5 Å². The van der Waals surface area contributed by atoms with E-state index in [1.807, 2.05) is 13.8 Å². The summed E-state index contributed by atoms with van der Waals surface area (Å²) in [6.07, 6.45) is 0. The van der Waals surface area contributed by atoms with Gasteiger partial charge in [0.15, 0.2) is 0 Å². The van der Waals surface area contributed by atoms with Crippen molar-refractivity contribution in [2.24, 2.45) is 0 Å². The Bertz CT molecular complexity index is 1500. The molecule has 1 saturated heterocycles. The molecule has 0 aromatic heterocycles. The largest absolute Gasteiger partial charge is 0.494 e. The zero-order valence-corrected chi connectivity index (χ0v) is 24.0. The van der Waals surface area contributed by atoms with Crippen molar-refractivity contribution < 1.29 is 26.4 Å². The summed E-state index contributed by atoms with van der Waals surface area (Å²) >= 11 is 5.95. The molecule has 9 nitrogen and oxygen atoms in total. The van der Waals surface area contributed by atoms with Gasteiger partial charge in [0.2, 0.25) is 15.9 Å². The first kappa shape index (κ1) is 28.9. The Morgan fingerprint density at radius 1 is 0.846 bits per heavy atom. The van der Waals surface area contributed by atoms with E-state index >= 15 is 0 Å². The van der Waals surface area contributed by atoms with Crippen LogP contribution in [-0.4, -0.2) is 71.3 Å². The predicted molar refractivity (Wildman–Crippen MR) is 150 cm³/mol. The molecule has 0 N–H and O–H groups in total. The quantitative estimate of drug-likeness (QED) is 0.375. The number of aryl methyl sites for hydroxylation is 1. The third-order valence-electron chi connectivity index (χ3n) is 6.37. The fraction of sp³-hybridized carbons (Fsp3) is 0.296. The zero-order valence-electron chi connectivity index (χ0n) is 21.7. The summed E-state index contributed by atoms with van der Waals surface area (Å²) in [7, 11) is -7.82. The second-order valence-electron chi connectivity index (χ2n) is 8.99. The van der Waals surface area contributed by atoms with E-state index in [-0.39, 0.29) is 36.0 Å². The lowest BCUT2D eigenvalue weighted by Crippen LogP contribution is -2.53. The maximum atomic E-state index is 13.6. The van der Waals surface area contributed by atoms with Crippen LogP contribution in [0.2, 0.25) is 5.02 Å². The number of nitrogens with zero attached hydrogens (tertiary/aromatic N) is 3. The van der Waals surface area contributed by atoms with Crippen molar-refractivity contribution in [3.63, 3.8) is 0 Å². The van der Waals surface area contributed by atoms with Crippen LogP contribution in [0.25, 0.3) is 0 Å². The van der Waals surface area contributed by atoms with Gasteiger partial charge >= 0.3 is 0 Å². The van der Waals surface area contributed by atoms with Crippen LogP contribution in [-0.2, 0) is 24.8 Å². The summed E-state index contributed by atoms with van der Waals surface area (Å²) in [5.41, 5.74) is 1.25. The highest BCUT2D eigenvalue weighted by molar-refractivity contribution is 7.92.